The summed E-state index contributed by atoms with van der Waals surface area (Å²) in [5.74, 6) is 0. The Labute approximate surface area is 133 Å². The first-order valence-corrected chi connectivity index (χ1v) is 8.22. The molecule has 1 atom stereocenters. The van der Waals surface area contributed by atoms with Crippen LogP contribution >= 0.6 is 11.3 Å². The second kappa shape index (κ2) is 6.70. The second-order valence-corrected chi connectivity index (χ2v) is 6.22. The molecule has 5 nitrogen and oxygen atoms in total. The Morgan fingerprint density at radius 2 is 2.41 bits per heavy atom. The average molecular weight is 313 g/mol. The van der Waals surface area contributed by atoms with Gasteiger partial charge in [-0.15, -0.1) is 11.7 Å². The number of imidazole rings is 1. The number of hydrogen-bond acceptors (Lipinski definition) is 5. The summed E-state index contributed by atoms with van der Waals surface area (Å²) in [6, 6.07) is 4.31. The number of hydrogen-bond donors (Lipinski definition) is 1. The summed E-state index contributed by atoms with van der Waals surface area (Å²) in [7, 11) is 0. The van der Waals surface area contributed by atoms with Gasteiger partial charge in [-0.25, -0.2) is 9.50 Å². The molecule has 22 heavy (non-hydrogen) atoms. The van der Waals surface area contributed by atoms with Crippen LogP contribution in [0, 0.1) is 0 Å². The number of fused-ring (bicyclic) bond motifs is 1. The van der Waals surface area contributed by atoms with Crippen LogP contribution in [0.2, 0.25) is 0 Å². The predicted molar refractivity (Wildman–Crippen MR) is 91.2 cm³/mol. The van der Waals surface area contributed by atoms with Gasteiger partial charge in [-0.3, -0.25) is 4.98 Å². The molecule has 3 rings (SSSR count). The van der Waals surface area contributed by atoms with Crippen molar-refractivity contribution in [2.75, 3.05) is 5.32 Å². The maximum absolute atomic E-state index is 4.61. The molecule has 0 aliphatic rings. The van der Waals surface area contributed by atoms with E-state index in [2.05, 4.69) is 33.9 Å². The minimum absolute atomic E-state index is 0.397. The molecule has 0 aliphatic carbocycles. The second-order valence-electron chi connectivity index (χ2n) is 5.27. The SMILES string of the molecule is C=CCCCC(C)Nc1nn2cc(-c3cccnc3)nc2s1. The van der Waals surface area contributed by atoms with Crippen LogP contribution in [0.1, 0.15) is 26.2 Å². The maximum atomic E-state index is 4.61. The smallest absolute Gasteiger partial charge is 0.214 e. The molecule has 114 valence electrons. The normalized spacial score (nSPS) is 12.4. The molecule has 0 saturated carbocycles. The van der Waals surface area contributed by atoms with Gasteiger partial charge in [0.15, 0.2) is 0 Å². The van der Waals surface area contributed by atoms with Crippen molar-refractivity contribution < 1.29 is 0 Å². The summed E-state index contributed by atoms with van der Waals surface area (Å²) in [5, 5.41) is 8.89. The Bertz CT molecular complexity index is 715. The molecule has 6 heteroatoms. The van der Waals surface area contributed by atoms with E-state index in [1.165, 1.54) is 0 Å². The zero-order chi connectivity index (χ0) is 15.4. The van der Waals surface area contributed by atoms with E-state index in [0.29, 0.717) is 6.04 Å². The minimum Gasteiger partial charge on any atom is -0.358 e. The number of allylic oxidation sites excluding steroid dienone is 1. The van der Waals surface area contributed by atoms with Crippen molar-refractivity contribution in [2.45, 2.75) is 32.2 Å². The summed E-state index contributed by atoms with van der Waals surface area (Å²) in [4.78, 5) is 9.62. The lowest BCUT2D eigenvalue weighted by Gasteiger charge is -2.11. The van der Waals surface area contributed by atoms with Gasteiger partial charge in [-0.2, -0.15) is 0 Å². The van der Waals surface area contributed by atoms with E-state index in [9.17, 15) is 0 Å². The molecule has 3 aromatic heterocycles. The van der Waals surface area contributed by atoms with Crippen molar-refractivity contribution in [3.63, 3.8) is 0 Å². The first kappa shape index (κ1) is 14.7. The summed E-state index contributed by atoms with van der Waals surface area (Å²) in [5.41, 5.74) is 1.91. The number of pyridine rings is 1. The van der Waals surface area contributed by atoms with Crippen LogP contribution in [0.5, 0.6) is 0 Å². The number of rotatable bonds is 7. The maximum Gasteiger partial charge on any atom is 0.214 e. The lowest BCUT2D eigenvalue weighted by Crippen LogP contribution is -2.14. The number of nitrogens with zero attached hydrogens (tertiary/aromatic N) is 4. The average Bonchev–Trinajstić information content (AvgIpc) is 3.06. The van der Waals surface area contributed by atoms with Crippen molar-refractivity contribution in [3.8, 4) is 11.3 Å². The van der Waals surface area contributed by atoms with Crippen molar-refractivity contribution in [1.29, 1.82) is 0 Å². The first-order valence-electron chi connectivity index (χ1n) is 7.40. The lowest BCUT2D eigenvalue weighted by molar-refractivity contribution is 0.661. The quantitative estimate of drug-likeness (QED) is 0.529. The zero-order valence-corrected chi connectivity index (χ0v) is 13.4. The van der Waals surface area contributed by atoms with Crippen LogP contribution in [-0.2, 0) is 0 Å². The van der Waals surface area contributed by atoms with Gasteiger partial charge in [-0.1, -0.05) is 17.4 Å². The van der Waals surface area contributed by atoms with Gasteiger partial charge in [0.05, 0.1) is 11.9 Å². The van der Waals surface area contributed by atoms with Crippen LogP contribution in [0.25, 0.3) is 16.2 Å². The van der Waals surface area contributed by atoms with E-state index in [1.54, 1.807) is 17.5 Å². The highest BCUT2D eigenvalue weighted by atomic mass is 32.1. The fraction of sp³-hybridized carbons (Fsp3) is 0.312. The standard InChI is InChI=1S/C16H19N5S/c1-3-4-5-7-12(2)18-15-20-21-11-14(19-16(21)22-15)13-8-6-9-17-10-13/h3,6,8-12H,1,4-5,7H2,2H3,(H,18,20). The summed E-state index contributed by atoms with van der Waals surface area (Å²) >= 11 is 1.57. The highest BCUT2D eigenvalue weighted by Gasteiger charge is 2.11. The summed E-state index contributed by atoms with van der Waals surface area (Å²) in [6.07, 6.45) is 10.8. The number of anilines is 1. The summed E-state index contributed by atoms with van der Waals surface area (Å²) in [6.45, 7) is 5.92. The van der Waals surface area contributed by atoms with E-state index in [1.807, 2.05) is 35.1 Å². The fourth-order valence-corrected chi connectivity index (χ4v) is 3.16. The van der Waals surface area contributed by atoms with Crippen LogP contribution < -0.4 is 5.32 Å². The molecule has 0 bridgehead atoms. The lowest BCUT2D eigenvalue weighted by atomic mass is 10.1. The molecule has 1 N–H and O–H groups in total. The van der Waals surface area contributed by atoms with Gasteiger partial charge in [0.2, 0.25) is 10.1 Å². The molecule has 3 aromatic rings. The molecule has 0 radical (unpaired) electrons. The van der Waals surface area contributed by atoms with Gasteiger partial charge >= 0.3 is 0 Å². The number of unbranched alkanes of at least 4 members (excludes halogenated alkanes) is 1. The topological polar surface area (TPSA) is 55.1 Å². The highest BCUT2D eigenvalue weighted by molar-refractivity contribution is 7.20. The monoisotopic (exact) mass is 313 g/mol. The van der Waals surface area contributed by atoms with Gasteiger partial charge in [0.1, 0.15) is 0 Å². The largest absolute Gasteiger partial charge is 0.358 e. The molecule has 0 aliphatic heterocycles. The molecule has 0 amide bonds. The van der Waals surface area contributed by atoms with E-state index in [4.69, 9.17) is 0 Å². The molecule has 1 unspecified atom stereocenters. The molecule has 3 heterocycles. The van der Waals surface area contributed by atoms with Gasteiger partial charge in [-0.05, 0) is 38.3 Å². The van der Waals surface area contributed by atoms with Gasteiger partial charge < -0.3 is 5.32 Å². The van der Waals surface area contributed by atoms with Gasteiger partial charge in [0.25, 0.3) is 0 Å². The highest BCUT2D eigenvalue weighted by Crippen LogP contribution is 2.24. The molecule has 0 spiro atoms. The third kappa shape index (κ3) is 3.33. The summed E-state index contributed by atoms with van der Waals surface area (Å²) < 4.78 is 1.83. The van der Waals surface area contributed by atoms with Crippen molar-refractivity contribution in [2.24, 2.45) is 0 Å². The van der Waals surface area contributed by atoms with Crippen molar-refractivity contribution in [1.82, 2.24) is 19.6 Å². The number of nitrogens with one attached hydrogen (secondary N) is 1. The van der Waals surface area contributed by atoms with E-state index in [0.717, 1.165) is 40.6 Å². The van der Waals surface area contributed by atoms with Crippen molar-refractivity contribution in [3.05, 3.63) is 43.4 Å². The molecule has 0 fully saturated rings. The van der Waals surface area contributed by atoms with Crippen LogP contribution in [-0.4, -0.2) is 25.6 Å². The Balaban J connectivity index is 1.69. The molecular formula is C16H19N5S. The first-order chi connectivity index (χ1) is 10.8. The Morgan fingerprint density at radius 3 is 3.14 bits per heavy atom. The fourth-order valence-electron chi connectivity index (χ4n) is 2.26. The molecule has 0 aromatic carbocycles. The van der Waals surface area contributed by atoms with E-state index >= 15 is 0 Å². The third-order valence-electron chi connectivity index (χ3n) is 3.42. The van der Waals surface area contributed by atoms with Crippen molar-refractivity contribution >= 4 is 21.4 Å². The predicted octanol–water partition coefficient (Wildman–Crippen LogP) is 4.01. The Morgan fingerprint density at radius 1 is 1.50 bits per heavy atom. The van der Waals surface area contributed by atoms with Gasteiger partial charge in [0, 0.05) is 24.0 Å². The minimum atomic E-state index is 0.397. The molecular weight excluding hydrogens is 294 g/mol. The molecule has 0 saturated heterocycles. The van der Waals surface area contributed by atoms with E-state index in [-0.39, 0.29) is 0 Å². The van der Waals surface area contributed by atoms with Crippen LogP contribution in [0.4, 0.5) is 5.13 Å². The Hall–Kier alpha value is -2.21. The third-order valence-corrected chi connectivity index (χ3v) is 4.27. The van der Waals surface area contributed by atoms with E-state index < -0.39 is 0 Å². The van der Waals surface area contributed by atoms with Crippen LogP contribution in [0.15, 0.2) is 43.4 Å². The number of aromatic nitrogens is 4. The Kier molecular flexibility index (Phi) is 4.48. The zero-order valence-electron chi connectivity index (χ0n) is 12.6. The van der Waals surface area contributed by atoms with Crippen LogP contribution in [0.3, 0.4) is 0 Å².